The Morgan fingerprint density at radius 2 is 1.72 bits per heavy atom. The Balaban J connectivity index is 1.71. The van der Waals surface area contributed by atoms with E-state index in [9.17, 15) is 9.59 Å². The maximum Gasteiger partial charge on any atom is 0.338 e. The summed E-state index contributed by atoms with van der Waals surface area (Å²) in [6.07, 6.45) is 0. The second-order valence-electron chi connectivity index (χ2n) is 7.04. The molecule has 0 fully saturated rings. The molecular weight excluding hydrogens is 449 g/mol. The Hall–Kier alpha value is -3.28. The van der Waals surface area contributed by atoms with Crippen molar-refractivity contribution in [3.63, 3.8) is 0 Å². The van der Waals surface area contributed by atoms with Crippen LogP contribution in [-0.4, -0.2) is 18.5 Å². The van der Waals surface area contributed by atoms with Crippen LogP contribution >= 0.6 is 23.2 Å². The van der Waals surface area contributed by atoms with Gasteiger partial charge >= 0.3 is 5.97 Å². The minimum atomic E-state index is -0.421. The molecule has 1 aromatic heterocycles. The summed E-state index contributed by atoms with van der Waals surface area (Å²) in [5, 5.41) is 1.79. The molecule has 5 nitrogen and oxygen atoms in total. The molecule has 1 heterocycles. The van der Waals surface area contributed by atoms with Crippen molar-refractivity contribution < 1.29 is 18.7 Å². The summed E-state index contributed by atoms with van der Waals surface area (Å²) in [7, 11) is 0. The third-order valence-electron chi connectivity index (χ3n) is 4.92. The lowest BCUT2D eigenvalue weighted by Gasteiger charge is -2.23. The summed E-state index contributed by atoms with van der Waals surface area (Å²) >= 11 is 12.4. The van der Waals surface area contributed by atoms with Gasteiger partial charge in [-0.2, -0.15) is 0 Å². The van der Waals surface area contributed by atoms with E-state index in [0.29, 0.717) is 26.9 Å². The van der Waals surface area contributed by atoms with Crippen LogP contribution in [0.2, 0.25) is 10.0 Å². The van der Waals surface area contributed by atoms with E-state index in [4.69, 9.17) is 32.4 Å². The van der Waals surface area contributed by atoms with Gasteiger partial charge in [0.15, 0.2) is 5.76 Å². The van der Waals surface area contributed by atoms with E-state index in [2.05, 4.69) is 0 Å². The first-order chi connectivity index (χ1) is 15.5. The number of carbonyl (C=O) groups is 2. The van der Waals surface area contributed by atoms with Crippen molar-refractivity contribution in [1.82, 2.24) is 0 Å². The van der Waals surface area contributed by atoms with Gasteiger partial charge in [-0.1, -0.05) is 47.5 Å². The lowest BCUT2D eigenvalue weighted by Crippen LogP contribution is -2.30. The van der Waals surface area contributed by atoms with Gasteiger partial charge in [0.1, 0.15) is 5.58 Å². The highest BCUT2D eigenvalue weighted by Crippen LogP contribution is 2.28. The van der Waals surface area contributed by atoms with Gasteiger partial charge in [0, 0.05) is 21.1 Å². The number of amides is 1. The molecule has 0 saturated heterocycles. The van der Waals surface area contributed by atoms with Crippen LogP contribution in [0.15, 0.2) is 77.2 Å². The van der Waals surface area contributed by atoms with E-state index in [1.54, 1.807) is 66.4 Å². The number of rotatable bonds is 6. The monoisotopic (exact) mass is 467 g/mol. The zero-order valence-electron chi connectivity index (χ0n) is 17.2. The van der Waals surface area contributed by atoms with Crippen LogP contribution in [0.5, 0.6) is 0 Å². The van der Waals surface area contributed by atoms with Gasteiger partial charge < -0.3 is 14.1 Å². The minimum absolute atomic E-state index is 0.185. The number of fused-ring (bicyclic) bond motifs is 1. The fourth-order valence-electron chi connectivity index (χ4n) is 3.31. The molecule has 0 aliphatic heterocycles. The van der Waals surface area contributed by atoms with Gasteiger partial charge in [-0.05, 0) is 61.0 Å². The molecule has 0 spiro atoms. The van der Waals surface area contributed by atoms with E-state index in [0.717, 1.165) is 10.9 Å². The van der Waals surface area contributed by atoms with Crippen LogP contribution in [-0.2, 0) is 11.3 Å². The average Bonchev–Trinajstić information content (AvgIpc) is 3.23. The number of hydrogen-bond donors (Lipinski definition) is 0. The van der Waals surface area contributed by atoms with Crippen LogP contribution in [0.25, 0.3) is 11.0 Å². The van der Waals surface area contributed by atoms with Crippen molar-refractivity contribution in [3.8, 4) is 0 Å². The van der Waals surface area contributed by atoms with Gasteiger partial charge in [-0.15, -0.1) is 0 Å². The first-order valence-electron chi connectivity index (χ1n) is 9.98. The Kier molecular flexibility index (Phi) is 6.49. The second-order valence-corrected chi connectivity index (χ2v) is 7.89. The number of halogens is 2. The molecule has 0 atom stereocenters. The molecule has 1 amide bonds. The van der Waals surface area contributed by atoms with Crippen molar-refractivity contribution in [2.45, 2.75) is 13.5 Å². The normalized spacial score (nSPS) is 10.8. The Labute approximate surface area is 195 Å². The number of furan rings is 1. The van der Waals surface area contributed by atoms with E-state index in [1.165, 1.54) is 0 Å². The summed E-state index contributed by atoms with van der Waals surface area (Å²) in [4.78, 5) is 27.0. The highest BCUT2D eigenvalue weighted by atomic mass is 35.5. The Bertz CT molecular complexity index is 1250. The third kappa shape index (κ3) is 4.64. The zero-order chi connectivity index (χ0) is 22.7. The Morgan fingerprint density at radius 3 is 2.41 bits per heavy atom. The van der Waals surface area contributed by atoms with Gasteiger partial charge in [0.25, 0.3) is 5.91 Å². The quantitative estimate of drug-likeness (QED) is 0.293. The fourth-order valence-corrected chi connectivity index (χ4v) is 3.78. The number of ether oxygens (including phenoxy) is 1. The summed E-state index contributed by atoms with van der Waals surface area (Å²) in [5.74, 6) is -0.559. The van der Waals surface area contributed by atoms with E-state index >= 15 is 0 Å². The first-order valence-corrected chi connectivity index (χ1v) is 10.7. The number of esters is 1. The minimum Gasteiger partial charge on any atom is -0.462 e. The molecular formula is C25H19Cl2NO4. The van der Waals surface area contributed by atoms with Crippen LogP contribution < -0.4 is 4.90 Å². The largest absolute Gasteiger partial charge is 0.462 e. The topological polar surface area (TPSA) is 59.8 Å². The van der Waals surface area contributed by atoms with Gasteiger partial charge in [-0.25, -0.2) is 4.79 Å². The highest BCUT2D eigenvalue weighted by molar-refractivity contribution is 6.35. The van der Waals surface area contributed by atoms with Crippen molar-refractivity contribution >= 4 is 51.7 Å². The second kappa shape index (κ2) is 9.47. The molecule has 3 aromatic carbocycles. The summed E-state index contributed by atoms with van der Waals surface area (Å²) < 4.78 is 10.8. The van der Waals surface area contributed by atoms with Crippen molar-refractivity contribution in [2.24, 2.45) is 0 Å². The van der Waals surface area contributed by atoms with Crippen LogP contribution in [0.3, 0.4) is 0 Å². The molecule has 0 N–H and O–H groups in total. The van der Waals surface area contributed by atoms with E-state index < -0.39 is 5.97 Å². The maximum absolute atomic E-state index is 13.5. The summed E-state index contributed by atoms with van der Waals surface area (Å²) in [5.41, 5.74) is 2.32. The molecule has 0 aliphatic rings. The van der Waals surface area contributed by atoms with Crippen molar-refractivity contribution in [2.75, 3.05) is 11.5 Å². The molecule has 0 bridgehead atoms. The maximum atomic E-state index is 13.5. The SMILES string of the molecule is CCOC(=O)c1ccc(N(Cc2ccc(Cl)cc2Cl)C(=O)c2cc3ccccc3o2)cc1. The molecule has 0 aliphatic carbocycles. The Morgan fingerprint density at radius 1 is 0.969 bits per heavy atom. The average molecular weight is 468 g/mol. The van der Waals surface area contributed by atoms with E-state index in [-0.39, 0.29) is 24.8 Å². The number of carbonyl (C=O) groups excluding carboxylic acids is 2. The van der Waals surface area contributed by atoms with Crippen LogP contribution in [0.1, 0.15) is 33.4 Å². The number of para-hydroxylation sites is 1. The molecule has 4 aromatic rings. The molecule has 0 radical (unpaired) electrons. The molecule has 4 rings (SSSR count). The molecule has 0 unspecified atom stereocenters. The number of nitrogens with zero attached hydrogens (tertiary/aromatic N) is 1. The van der Waals surface area contributed by atoms with Crippen molar-refractivity contribution in [3.05, 3.63) is 99.7 Å². The lowest BCUT2D eigenvalue weighted by atomic mass is 10.1. The standard InChI is InChI=1S/C25H19Cl2NO4/c1-2-31-25(30)16-8-11-20(12-9-16)28(15-18-7-10-19(26)14-21(18)27)24(29)23-13-17-5-3-4-6-22(17)32-23/h3-14H,2,15H2,1H3. The summed E-state index contributed by atoms with van der Waals surface area (Å²) in [6.45, 7) is 2.22. The van der Waals surface area contributed by atoms with E-state index in [1.807, 2.05) is 18.2 Å². The third-order valence-corrected chi connectivity index (χ3v) is 5.50. The van der Waals surface area contributed by atoms with Gasteiger partial charge in [-0.3, -0.25) is 4.79 Å². The molecule has 32 heavy (non-hydrogen) atoms. The molecule has 0 saturated carbocycles. The molecule has 7 heteroatoms. The number of benzene rings is 3. The highest BCUT2D eigenvalue weighted by Gasteiger charge is 2.23. The summed E-state index contributed by atoms with van der Waals surface area (Å²) in [6, 6.07) is 20.9. The number of anilines is 1. The van der Waals surface area contributed by atoms with Crippen LogP contribution in [0, 0.1) is 0 Å². The predicted octanol–water partition coefficient (Wildman–Crippen LogP) is 6.76. The van der Waals surface area contributed by atoms with Crippen LogP contribution in [0.4, 0.5) is 5.69 Å². The smallest absolute Gasteiger partial charge is 0.338 e. The lowest BCUT2D eigenvalue weighted by molar-refractivity contribution is 0.0526. The predicted molar refractivity (Wildman–Crippen MR) is 126 cm³/mol. The molecule has 162 valence electrons. The fraction of sp³-hybridized carbons (Fsp3) is 0.120. The number of hydrogen-bond acceptors (Lipinski definition) is 4. The van der Waals surface area contributed by atoms with Crippen molar-refractivity contribution in [1.29, 1.82) is 0 Å². The zero-order valence-corrected chi connectivity index (χ0v) is 18.7. The van der Waals surface area contributed by atoms with Gasteiger partial charge in [0.2, 0.25) is 0 Å². The first kappa shape index (κ1) is 21.9. The van der Waals surface area contributed by atoms with Gasteiger partial charge in [0.05, 0.1) is 18.7 Å².